The molecule has 1 saturated heterocycles. The van der Waals surface area contributed by atoms with Crippen LogP contribution in [0.15, 0.2) is 12.5 Å². The van der Waals surface area contributed by atoms with Crippen molar-refractivity contribution in [2.75, 3.05) is 6.61 Å². The Morgan fingerprint density at radius 1 is 1.69 bits per heavy atom. The van der Waals surface area contributed by atoms with Crippen LogP contribution in [0.1, 0.15) is 25.5 Å². The van der Waals surface area contributed by atoms with Crippen LogP contribution >= 0.6 is 0 Å². The van der Waals surface area contributed by atoms with E-state index in [0.717, 1.165) is 19.6 Å². The summed E-state index contributed by atoms with van der Waals surface area (Å²) in [5.74, 6) is 0. The molecular formula is C10H16N2O. The third-order valence-corrected chi connectivity index (χ3v) is 2.73. The fraction of sp³-hybridized carbons (Fsp3) is 0.700. The van der Waals surface area contributed by atoms with Crippen LogP contribution in [0.3, 0.4) is 0 Å². The van der Waals surface area contributed by atoms with E-state index in [1.807, 2.05) is 12.5 Å². The molecule has 3 nitrogen and oxygen atoms in total. The van der Waals surface area contributed by atoms with E-state index in [0.29, 0.717) is 0 Å². The van der Waals surface area contributed by atoms with Crippen LogP contribution in [0.4, 0.5) is 0 Å². The zero-order valence-electron chi connectivity index (χ0n) is 8.29. The molecule has 0 spiro atoms. The van der Waals surface area contributed by atoms with Gasteiger partial charge in [-0.1, -0.05) is 0 Å². The van der Waals surface area contributed by atoms with Crippen molar-refractivity contribution in [1.82, 2.24) is 9.55 Å². The van der Waals surface area contributed by atoms with Crippen molar-refractivity contribution in [3.8, 4) is 0 Å². The maximum Gasteiger partial charge on any atom is 0.0949 e. The van der Waals surface area contributed by atoms with E-state index < -0.39 is 0 Å². The van der Waals surface area contributed by atoms with E-state index in [2.05, 4.69) is 23.4 Å². The first-order valence-corrected chi connectivity index (χ1v) is 4.80. The first-order valence-electron chi connectivity index (χ1n) is 4.80. The Kier molecular flexibility index (Phi) is 2.12. The number of rotatable bonds is 2. The molecule has 1 aromatic rings. The monoisotopic (exact) mass is 180 g/mol. The Hall–Kier alpha value is -0.830. The smallest absolute Gasteiger partial charge is 0.0949 e. The van der Waals surface area contributed by atoms with Crippen LogP contribution < -0.4 is 0 Å². The van der Waals surface area contributed by atoms with E-state index in [4.69, 9.17) is 4.74 Å². The lowest BCUT2D eigenvalue weighted by molar-refractivity contribution is 0.00583. The van der Waals surface area contributed by atoms with E-state index in [1.54, 1.807) is 0 Å². The molecule has 72 valence electrons. The van der Waals surface area contributed by atoms with Crippen LogP contribution in [0, 0.1) is 6.92 Å². The second-order valence-corrected chi connectivity index (χ2v) is 4.06. The van der Waals surface area contributed by atoms with Gasteiger partial charge >= 0.3 is 0 Å². The Morgan fingerprint density at radius 2 is 2.54 bits per heavy atom. The Balaban J connectivity index is 2.09. The molecule has 0 radical (unpaired) electrons. The summed E-state index contributed by atoms with van der Waals surface area (Å²) < 4.78 is 7.88. The summed E-state index contributed by atoms with van der Waals surface area (Å²) in [4.78, 5) is 4.10. The lowest BCUT2D eigenvalue weighted by atomic mass is 10.0. The number of nitrogens with zero attached hydrogens (tertiary/aromatic N) is 2. The van der Waals surface area contributed by atoms with Crippen molar-refractivity contribution in [3.63, 3.8) is 0 Å². The Morgan fingerprint density at radius 3 is 3.08 bits per heavy atom. The molecule has 1 aliphatic rings. The molecule has 0 amide bonds. The number of aryl methyl sites for hydroxylation is 1. The van der Waals surface area contributed by atoms with Crippen LogP contribution in [-0.4, -0.2) is 21.8 Å². The molecule has 1 fully saturated rings. The minimum atomic E-state index is 0.0332. The maximum absolute atomic E-state index is 5.72. The van der Waals surface area contributed by atoms with Gasteiger partial charge in [-0.15, -0.1) is 0 Å². The largest absolute Gasteiger partial charge is 0.373 e. The summed E-state index contributed by atoms with van der Waals surface area (Å²) in [6.45, 7) is 6.09. The number of hydrogen-bond acceptors (Lipinski definition) is 2. The predicted octanol–water partition coefficient (Wildman–Crippen LogP) is 1.76. The molecule has 1 aromatic heterocycles. The van der Waals surface area contributed by atoms with Crippen LogP contribution in [-0.2, 0) is 11.3 Å². The average Bonchev–Trinajstić information content (AvgIpc) is 2.64. The molecule has 0 saturated carbocycles. The highest BCUT2D eigenvalue weighted by Gasteiger charge is 2.30. The van der Waals surface area contributed by atoms with E-state index in [1.165, 1.54) is 12.1 Å². The van der Waals surface area contributed by atoms with Crippen molar-refractivity contribution < 1.29 is 4.74 Å². The molecule has 0 aliphatic carbocycles. The van der Waals surface area contributed by atoms with Crippen molar-refractivity contribution >= 4 is 0 Å². The van der Waals surface area contributed by atoms with Gasteiger partial charge in [-0.3, -0.25) is 0 Å². The fourth-order valence-electron chi connectivity index (χ4n) is 1.87. The number of hydrogen-bond donors (Lipinski definition) is 0. The molecule has 0 N–H and O–H groups in total. The standard InChI is InChI=1S/C10H16N2O/c1-9-6-11-8-12(9)7-10(2)4-3-5-13-10/h6,8H,3-5,7H2,1-2H3. The van der Waals surface area contributed by atoms with Gasteiger partial charge in [0, 0.05) is 18.5 Å². The zero-order valence-corrected chi connectivity index (χ0v) is 8.29. The van der Waals surface area contributed by atoms with Gasteiger partial charge < -0.3 is 9.30 Å². The summed E-state index contributed by atoms with van der Waals surface area (Å²) >= 11 is 0. The Bertz CT molecular complexity index is 287. The highest BCUT2D eigenvalue weighted by Crippen LogP contribution is 2.26. The van der Waals surface area contributed by atoms with Gasteiger partial charge in [0.1, 0.15) is 0 Å². The molecule has 3 heteroatoms. The summed E-state index contributed by atoms with van der Waals surface area (Å²) in [5, 5.41) is 0. The highest BCUT2D eigenvalue weighted by molar-refractivity contribution is 4.96. The normalized spacial score (nSPS) is 28.2. The Labute approximate surface area is 78.7 Å². The molecule has 1 unspecified atom stereocenters. The third-order valence-electron chi connectivity index (χ3n) is 2.73. The summed E-state index contributed by atoms with van der Waals surface area (Å²) in [7, 11) is 0. The molecule has 13 heavy (non-hydrogen) atoms. The number of imidazole rings is 1. The first kappa shape index (κ1) is 8.75. The van der Waals surface area contributed by atoms with Gasteiger partial charge in [0.2, 0.25) is 0 Å². The highest BCUT2D eigenvalue weighted by atomic mass is 16.5. The van der Waals surface area contributed by atoms with Gasteiger partial charge in [0.05, 0.1) is 18.5 Å². The topological polar surface area (TPSA) is 27.1 Å². The van der Waals surface area contributed by atoms with Gasteiger partial charge in [-0.25, -0.2) is 4.98 Å². The molecular weight excluding hydrogens is 164 g/mol. The first-order chi connectivity index (χ1) is 6.20. The fourth-order valence-corrected chi connectivity index (χ4v) is 1.87. The predicted molar refractivity (Wildman–Crippen MR) is 50.6 cm³/mol. The summed E-state index contributed by atoms with van der Waals surface area (Å²) in [6, 6.07) is 0. The second kappa shape index (κ2) is 3.14. The van der Waals surface area contributed by atoms with Crippen LogP contribution in [0.25, 0.3) is 0 Å². The molecule has 0 bridgehead atoms. The minimum Gasteiger partial charge on any atom is -0.373 e. The second-order valence-electron chi connectivity index (χ2n) is 4.06. The van der Waals surface area contributed by atoms with Crippen LogP contribution in [0.2, 0.25) is 0 Å². The SMILES string of the molecule is Cc1cncn1CC1(C)CCCO1. The van der Waals surface area contributed by atoms with Crippen molar-refractivity contribution in [2.24, 2.45) is 0 Å². The van der Waals surface area contributed by atoms with Crippen molar-refractivity contribution in [3.05, 3.63) is 18.2 Å². The molecule has 0 aromatic carbocycles. The van der Waals surface area contributed by atoms with Gasteiger partial charge in [-0.05, 0) is 26.7 Å². The van der Waals surface area contributed by atoms with E-state index in [-0.39, 0.29) is 5.60 Å². The lowest BCUT2D eigenvalue weighted by Gasteiger charge is -2.24. The zero-order chi connectivity index (χ0) is 9.31. The van der Waals surface area contributed by atoms with Gasteiger partial charge in [0.15, 0.2) is 0 Å². The van der Waals surface area contributed by atoms with Crippen molar-refractivity contribution in [2.45, 2.75) is 38.8 Å². The van der Waals surface area contributed by atoms with E-state index >= 15 is 0 Å². The quantitative estimate of drug-likeness (QED) is 0.693. The molecule has 2 heterocycles. The minimum absolute atomic E-state index is 0.0332. The number of ether oxygens (including phenoxy) is 1. The molecule has 1 aliphatic heterocycles. The molecule has 1 atom stereocenters. The maximum atomic E-state index is 5.72. The summed E-state index contributed by atoms with van der Waals surface area (Å²) in [6.07, 6.45) is 6.11. The van der Waals surface area contributed by atoms with Crippen molar-refractivity contribution in [1.29, 1.82) is 0 Å². The molecule has 2 rings (SSSR count). The lowest BCUT2D eigenvalue weighted by Crippen LogP contribution is -2.29. The summed E-state index contributed by atoms with van der Waals surface area (Å²) in [5.41, 5.74) is 1.24. The van der Waals surface area contributed by atoms with Gasteiger partial charge in [0.25, 0.3) is 0 Å². The third kappa shape index (κ3) is 1.75. The number of aromatic nitrogens is 2. The average molecular weight is 180 g/mol. The van der Waals surface area contributed by atoms with E-state index in [9.17, 15) is 0 Å². The van der Waals surface area contributed by atoms with Crippen LogP contribution in [0.5, 0.6) is 0 Å². The van der Waals surface area contributed by atoms with Gasteiger partial charge in [-0.2, -0.15) is 0 Å².